The molecule has 0 saturated carbocycles. The van der Waals surface area contributed by atoms with Crippen molar-refractivity contribution < 1.29 is 17.9 Å². The third-order valence-corrected chi connectivity index (χ3v) is 11.1. The normalized spacial score (nSPS) is 19.3. The fourth-order valence-electron chi connectivity index (χ4n) is 4.85. The molecule has 0 aliphatic carbocycles. The van der Waals surface area contributed by atoms with Gasteiger partial charge in [-0.3, -0.25) is 4.79 Å². The minimum atomic E-state index is -3.91. The van der Waals surface area contributed by atoms with Gasteiger partial charge in [-0.1, -0.05) is 58.6 Å². The average molecular weight is 618 g/mol. The Labute approximate surface area is 241 Å². The summed E-state index contributed by atoms with van der Waals surface area (Å²) in [6, 6.07) is 9.91. The summed E-state index contributed by atoms with van der Waals surface area (Å²) in [4.78, 5) is 21.4. The van der Waals surface area contributed by atoms with Crippen LogP contribution in [-0.2, 0) is 19.6 Å². The lowest BCUT2D eigenvalue weighted by Crippen LogP contribution is -2.50. The lowest BCUT2D eigenvalue weighted by molar-refractivity contribution is -0.137. The van der Waals surface area contributed by atoms with Crippen molar-refractivity contribution in [2.45, 2.75) is 30.2 Å². The number of aromatic nitrogens is 1. The molecular weight excluding hydrogens is 591 g/mol. The molecule has 0 bridgehead atoms. The van der Waals surface area contributed by atoms with Gasteiger partial charge in [0.05, 0.1) is 26.9 Å². The van der Waals surface area contributed by atoms with Crippen LogP contribution in [0.25, 0.3) is 10.2 Å². The van der Waals surface area contributed by atoms with Crippen LogP contribution in [0.4, 0.5) is 5.13 Å². The van der Waals surface area contributed by atoms with Crippen molar-refractivity contribution in [3.05, 3.63) is 51.5 Å². The molecular formula is C25H27Cl3N4O4S2. The van der Waals surface area contributed by atoms with Crippen LogP contribution in [0.3, 0.4) is 0 Å². The minimum absolute atomic E-state index is 0.0830. The number of thiazole rings is 1. The number of rotatable bonds is 7. The number of hydrogen-bond donors (Lipinski definition) is 0. The van der Waals surface area contributed by atoms with Crippen molar-refractivity contribution in [1.29, 1.82) is 0 Å². The zero-order chi connectivity index (χ0) is 26.9. The van der Waals surface area contributed by atoms with Gasteiger partial charge >= 0.3 is 0 Å². The van der Waals surface area contributed by atoms with E-state index in [2.05, 4.69) is 4.90 Å². The maximum atomic E-state index is 13.4. The van der Waals surface area contributed by atoms with E-state index in [4.69, 9.17) is 44.5 Å². The number of anilines is 1. The van der Waals surface area contributed by atoms with Crippen LogP contribution in [0.15, 0.2) is 41.3 Å². The molecule has 0 N–H and O–H groups in total. The van der Waals surface area contributed by atoms with Crippen LogP contribution in [0, 0.1) is 0 Å². The van der Waals surface area contributed by atoms with Crippen molar-refractivity contribution in [3.63, 3.8) is 0 Å². The molecule has 2 aliphatic heterocycles. The Balaban J connectivity index is 1.15. The van der Waals surface area contributed by atoms with E-state index in [1.165, 1.54) is 16.4 Å². The summed E-state index contributed by atoms with van der Waals surface area (Å²) in [5.41, 5.74) is 0.914. The highest BCUT2D eigenvalue weighted by Gasteiger charge is 2.36. The Morgan fingerprint density at radius 2 is 1.76 bits per heavy atom. The van der Waals surface area contributed by atoms with E-state index >= 15 is 0 Å². The Morgan fingerprint density at radius 1 is 1.03 bits per heavy atom. The fourth-order valence-corrected chi connectivity index (χ4v) is 8.91. The number of hydrogen-bond acceptors (Lipinski definition) is 7. The second-order valence-electron chi connectivity index (χ2n) is 9.31. The van der Waals surface area contributed by atoms with E-state index in [1.807, 2.05) is 18.2 Å². The predicted octanol–water partition coefficient (Wildman–Crippen LogP) is 5.17. The molecule has 204 valence electrons. The van der Waals surface area contributed by atoms with Crippen LogP contribution >= 0.6 is 46.1 Å². The summed E-state index contributed by atoms with van der Waals surface area (Å²) in [6.45, 7) is 2.85. The Hall–Kier alpha value is -1.66. The molecule has 2 aliphatic rings. The molecule has 0 radical (unpaired) electrons. The Kier molecular flexibility index (Phi) is 8.69. The highest BCUT2D eigenvalue weighted by atomic mass is 35.5. The lowest BCUT2D eigenvalue weighted by atomic mass is 10.1. The third-order valence-electron chi connectivity index (χ3n) is 6.84. The van der Waals surface area contributed by atoms with Gasteiger partial charge in [0.1, 0.15) is 11.5 Å². The van der Waals surface area contributed by atoms with Crippen molar-refractivity contribution in [1.82, 2.24) is 14.2 Å². The second kappa shape index (κ2) is 11.8. The van der Waals surface area contributed by atoms with E-state index in [1.54, 1.807) is 22.3 Å². The summed E-state index contributed by atoms with van der Waals surface area (Å²) < 4.78 is 35.1. The maximum absolute atomic E-state index is 13.4. The second-order valence-corrected chi connectivity index (χ2v) is 13.4. The zero-order valence-corrected chi connectivity index (χ0v) is 24.4. The van der Waals surface area contributed by atoms with Gasteiger partial charge in [-0.05, 0) is 43.2 Å². The van der Waals surface area contributed by atoms with Gasteiger partial charge in [-0.15, -0.1) is 0 Å². The van der Waals surface area contributed by atoms with Crippen LogP contribution in [0.1, 0.15) is 19.3 Å². The topological polar surface area (TPSA) is 83.0 Å². The van der Waals surface area contributed by atoms with E-state index in [0.29, 0.717) is 44.2 Å². The van der Waals surface area contributed by atoms with Gasteiger partial charge in [-0.2, -0.15) is 4.31 Å². The van der Waals surface area contributed by atoms with E-state index in [-0.39, 0.29) is 34.1 Å². The quantitative estimate of drug-likeness (QED) is 0.364. The third kappa shape index (κ3) is 5.91. The van der Waals surface area contributed by atoms with Gasteiger partial charge in [-0.25, -0.2) is 13.4 Å². The minimum Gasteiger partial charge on any atom is -0.370 e. The largest absolute Gasteiger partial charge is 0.370 e. The predicted molar refractivity (Wildman–Crippen MR) is 152 cm³/mol. The molecule has 1 unspecified atom stereocenters. The Bertz CT molecular complexity index is 1410. The van der Waals surface area contributed by atoms with Crippen molar-refractivity contribution in [3.8, 4) is 0 Å². The smallest absolute Gasteiger partial charge is 0.248 e. The summed E-state index contributed by atoms with van der Waals surface area (Å²) in [5.74, 6) is -0.111. The molecule has 2 saturated heterocycles. The van der Waals surface area contributed by atoms with Crippen LogP contribution in [-0.4, -0.2) is 80.5 Å². The standard InChI is InChI=1S/C25H27Cl3N4O4S2/c26-17-7-8-21-22(14-17)37-25(29-21)31-12-10-30(11-13-31)23(33)16-36-15-18-4-1-2-9-32(18)38(34,35)24-19(27)5-3-6-20(24)28/h3,5-8,14,18H,1-2,4,9-13,15-16H2. The highest BCUT2D eigenvalue weighted by molar-refractivity contribution is 7.89. The van der Waals surface area contributed by atoms with Gasteiger partial charge in [0.15, 0.2) is 5.13 Å². The molecule has 2 fully saturated rings. The summed E-state index contributed by atoms with van der Waals surface area (Å²) >= 11 is 20.1. The molecule has 1 aromatic heterocycles. The Morgan fingerprint density at radius 3 is 2.50 bits per heavy atom. The number of fused-ring (bicyclic) bond motifs is 1. The number of nitrogens with zero attached hydrogens (tertiary/aromatic N) is 4. The van der Waals surface area contributed by atoms with Crippen LogP contribution in [0.5, 0.6) is 0 Å². The van der Waals surface area contributed by atoms with Gasteiger partial charge < -0.3 is 14.5 Å². The van der Waals surface area contributed by atoms with E-state index in [0.717, 1.165) is 28.2 Å². The number of amides is 1. The first-order valence-corrected chi connectivity index (χ1v) is 15.8. The number of sulfonamides is 1. The molecule has 0 spiro atoms. The van der Waals surface area contributed by atoms with Crippen molar-refractivity contribution >= 4 is 77.4 Å². The summed E-state index contributed by atoms with van der Waals surface area (Å²) in [7, 11) is -3.91. The molecule has 2 aromatic carbocycles. The molecule has 1 atom stereocenters. The fraction of sp³-hybridized carbons (Fsp3) is 0.440. The first-order chi connectivity index (χ1) is 18.2. The molecule has 38 heavy (non-hydrogen) atoms. The molecule has 3 heterocycles. The van der Waals surface area contributed by atoms with Crippen molar-refractivity contribution in [2.24, 2.45) is 0 Å². The van der Waals surface area contributed by atoms with E-state index < -0.39 is 16.1 Å². The molecule has 5 rings (SSSR count). The van der Waals surface area contributed by atoms with Gasteiger partial charge in [0.25, 0.3) is 0 Å². The highest BCUT2D eigenvalue weighted by Crippen LogP contribution is 2.35. The van der Waals surface area contributed by atoms with Crippen LogP contribution < -0.4 is 4.90 Å². The van der Waals surface area contributed by atoms with Gasteiger partial charge in [0, 0.05) is 43.8 Å². The SMILES string of the molecule is O=C(COCC1CCCCN1S(=O)(=O)c1c(Cl)cccc1Cl)N1CCN(c2nc3ccc(Cl)cc3s2)CC1. The first-order valence-electron chi connectivity index (χ1n) is 12.4. The number of piperidine rings is 1. The maximum Gasteiger partial charge on any atom is 0.248 e. The summed E-state index contributed by atoms with van der Waals surface area (Å²) in [5, 5.41) is 1.78. The van der Waals surface area contributed by atoms with Crippen LogP contribution in [0.2, 0.25) is 15.1 Å². The molecule has 8 nitrogen and oxygen atoms in total. The summed E-state index contributed by atoms with van der Waals surface area (Å²) in [6.07, 6.45) is 2.26. The lowest BCUT2D eigenvalue weighted by Gasteiger charge is -2.36. The zero-order valence-electron chi connectivity index (χ0n) is 20.5. The number of benzene rings is 2. The number of carbonyl (C=O) groups is 1. The first kappa shape index (κ1) is 27.9. The number of ether oxygens (including phenoxy) is 1. The van der Waals surface area contributed by atoms with E-state index in [9.17, 15) is 13.2 Å². The molecule has 3 aromatic rings. The molecule has 1 amide bonds. The van der Waals surface area contributed by atoms with Gasteiger partial charge in [0.2, 0.25) is 15.9 Å². The number of piperazine rings is 1. The van der Waals surface area contributed by atoms with Crippen molar-refractivity contribution in [2.75, 3.05) is 50.8 Å². The number of carbonyl (C=O) groups excluding carboxylic acids is 1. The average Bonchev–Trinajstić information content (AvgIpc) is 3.32. The number of halogens is 3. The molecule has 13 heteroatoms. The monoisotopic (exact) mass is 616 g/mol.